The van der Waals surface area contributed by atoms with Crippen LogP contribution in [0, 0.1) is 12.3 Å². The molecule has 204 valence electrons. The minimum Gasteiger partial charge on any atom is -0.478 e. The predicted molar refractivity (Wildman–Crippen MR) is 141 cm³/mol. The molecule has 3 aliphatic rings. The summed E-state index contributed by atoms with van der Waals surface area (Å²) >= 11 is 0. The van der Waals surface area contributed by atoms with E-state index in [1.165, 1.54) is 18.2 Å². The average molecular weight is 573 g/mol. The fraction of sp³-hybridized carbons (Fsp3) is 0.231. The van der Waals surface area contributed by atoms with E-state index in [1.807, 2.05) is 13.8 Å². The van der Waals surface area contributed by atoms with Crippen molar-refractivity contribution in [1.29, 1.82) is 5.41 Å². The Morgan fingerprint density at radius 3 is 2.26 bits per heavy atom. The number of hydrogen-bond acceptors (Lipinski definition) is 8. The Morgan fingerprint density at radius 1 is 1.00 bits per heavy atom. The zero-order chi connectivity index (χ0) is 28.7. The number of rotatable bonds is 4. The van der Waals surface area contributed by atoms with Gasteiger partial charge in [-0.25, -0.2) is 4.79 Å². The number of carboxylic acid groups (broad SMARTS) is 1. The topological polar surface area (TPSA) is 195 Å². The second kappa shape index (κ2) is 8.61. The molecule has 0 aromatic heterocycles. The fourth-order valence-corrected chi connectivity index (χ4v) is 6.67. The highest BCUT2D eigenvalue weighted by Gasteiger charge is 2.36. The zero-order valence-electron chi connectivity index (χ0n) is 21.0. The molecule has 39 heavy (non-hydrogen) atoms. The first kappa shape index (κ1) is 26.8. The van der Waals surface area contributed by atoms with Gasteiger partial charge >= 0.3 is 5.97 Å². The molecule has 0 amide bonds. The highest BCUT2D eigenvalue weighted by molar-refractivity contribution is 7.86. The standard InChI is InChI=1S/C26H24N2O9S2/c1-12-4-5-14(16(10-12)25(29)30)19-15-6-7-18(27)23(38(31,32)33)21(15)37-22-17(19)11-13-8-9-26(2,3)28-20(13)24(22)39(34,35)36/h4-7,10-11,27-28H,8-9H2,1-3H3,(H,29,30)(H,31,32,33)(H,34,35,36). The normalized spacial score (nSPS) is 15.2. The van der Waals surface area contributed by atoms with Crippen LogP contribution in [0.5, 0.6) is 0 Å². The Hall–Kier alpha value is -3.78. The van der Waals surface area contributed by atoms with Gasteiger partial charge in [0.05, 0.1) is 16.6 Å². The monoisotopic (exact) mass is 572 g/mol. The maximum absolute atomic E-state index is 12.8. The van der Waals surface area contributed by atoms with Crippen molar-refractivity contribution in [2.75, 3.05) is 5.32 Å². The summed E-state index contributed by atoms with van der Waals surface area (Å²) in [4.78, 5) is 10.7. The molecule has 0 unspecified atom stereocenters. The maximum atomic E-state index is 12.8. The third-order valence-electron chi connectivity index (χ3n) is 6.85. The molecule has 11 nitrogen and oxygen atoms in total. The summed E-state index contributed by atoms with van der Waals surface area (Å²) in [6.45, 7) is 5.37. The molecule has 0 fully saturated rings. The lowest BCUT2D eigenvalue weighted by Gasteiger charge is -2.35. The molecule has 0 spiro atoms. The molecular weight excluding hydrogens is 548 g/mol. The Morgan fingerprint density at radius 2 is 1.64 bits per heavy atom. The first-order chi connectivity index (χ1) is 18.0. The third-order valence-corrected chi connectivity index (χ3v) is 8.67. The first-order valence-electron chi connectivity index (χ1n) is 11.7. The van der Waals surface area contributed by atoms with Gasteiger partial charge in [0.1, 0.15) is 0 Å². The summed E-state index contributed by atoms with van der Waals surface area (Å²) < 4.78 is 76.7. The van der Waals surface area contributed by atoms with Gasteiger partial charge in [0.25, 0.3) is 20.2 Å². The number of anilines is 1. The van der Waals surface area contributed by atoms with Gasteiger partial charge in [-0.15, -0.1) is 0 Å². The van der Waals surface area contributed by atoms with Gasteiger partial charge in [-0.1, -0.05) is 17.7 Å². The third kappa shape index (κ3) is 4.46. The van der Waals surface area contributed by atoms with E-state index < -0.39 is 58.2 Å². The minimum atomic E-state index is -5.07. The lowest BCUT2D eigenvalue weighted by molar-refractivity contribution is 0.0697. The van der Waals surface area contributed by atoms with E-state index in [0.29, 0.717) is 24.0 Å². The number of aryl methyl sites for hydroxylation is 2. The van der Waals surface area contributed by atoms with Crippen molar-refractivity contribution in [2.45, 2.75) is 48.9 Å². The van der Waals surface area contributed by atoms with Crippen LogP contribution in [-0.2, 0) is 26.7 Å². The number of hydrogen-bond donors (Lipinski definition) is 5. The van der Waals surface area contributed by atoms with Crippen LogP contribution in [0.15, 0.2) is 50.6 Å². The van der Waals surface area contributed by atoms with Gasteiger partial charge in [0.2, 0.25) is 0 Å². The Bertz CT molecular complexity index is 1980. The molecule has 0 atom stereocenters. The van der Waals surface area contributed by atoms with E-state index in [9.17, 15) is 35.8 Å². The average Bonchev–Trinajstić information content (AvgIpc) is 2.79. The zero-order valence-corrected chi connectivity index (χ0v) is 22.6. The van der Waals surface area contributed by atoms with Crippen LogP contribution in [0.25, 0.3) is 33.4 Å². The Labute approximate surface area is 223 Å². The van der Waals surface area contributed by atoms with Gasteiger partial charge < -0.3 is 14.8 Å². The molecule has 2 aromatic rings. The van der Waals surface area contributed by atoms with Crippen LogP contribution < -0.4 is 10.7 Å². The van der Waals surface area contributed by atoms with E-state index in [0.717, 1.165) is 6.07 Å². The Balaban J connectivity index is 2.13. The highest BCUT2D eigenvalue weighted by atomic mass is 32.2. The van der Waals surface area contributed by atoms with Crippen LogP contribution >= 0.6 is 0 Å². The van der Waals surface area contributed by atoms with Crippen molar-refractivity contribution in [3.8, 4) is 22.5 Å². The van der Waals surface area contributed by atoms with Crippen molar-refractivity contribution >= 4 is 42.9 Å². The van der Waals surface area contributed by atoms with Crippen molar-refractivity contribution in [2.24, 2.45) is 0 Å². The Kier molecular flexibility index (Phi) is 5.92. The van der Waals surface area contributed by atoms with Crippen LogP contribution in [-0.4, -0.2) is 42.6 Å². The van der Waals surface area contributed by atoms with Crippen molar-refractivity contribution in [3.05, 3.63) is 58.4 Å². The molecule has 2 aromatic carbocycles. The van der Waals surface area contributed by atoms with Crippen LogP contribution in [0.2, 0.25) is 0 Å². The van der Waals surface area contributed by atoms with Crippen molar-refractivity contribution in [3.63, 3.8) is 0 Å². The molecule has 5 N–H and O–H groups in total. The molecular formula is C26H24N2O9S2. The highest BCUT2D eigenvalue weighted by Crippen LogP contribution is 2.48. The summed E-state index contributed by atoms with van der Waals surface area (Å²) in [6, 6.07) is 8.61. The predicted octanol–water partition coefficient (Wildman–Crippen LogP) is 4.32. The largest absolute Gasteiger partial charge is 0.478 e. The van der Waals surface area contributed by atoms with Crippen molar-refractivity contribution < 1.29 is 40.3 Å². The van der Waals surface area contributed by atoms with Gasteiger partial charge in [-0.2, -0.15) is 16.8 Å². The molecule has 0 bridgehead atoms. The molecule has 5 rings (SSSR count). The molecule has 0 saturated carbocycles. The van der Waals surface area contributed by atoms with E-state index >= 15 is 0 Å². The quantitative estimate of drug-likeness (QED) is 0.173. The SMILES string of the molecule is Cc1ccc(-c2c3ccc(=N)c(S(=O)(=O)O)c-3oc3c(S(=O)(=O)O)c4c(cc23)CCC(C)(C)N4)c(C(=O)O)c1. The van der Waals surface area contributed by atoms with Gasteiger partial charge in [-0.3, -0.25) is 14.5 Å². The number of aromatic carboxylic acids is 1. The fourth-order valence-electron chi connectivity index (χ4n) is 5.12. The van der Waals surface area contributed by atoms with E-state index in [-0.39, 0.29) is 33.3 Å². The van der Waals surface area contributed by atoms with E-state index in [2.05, 4.69) is 5.32 Å². The second-order valence-electron chi connectivity index (χ2n) is 10.2. The van der Waals surface area contributed by atoms with Crippen LogP contribution in [0.4, 0.5) is 5.69 Å². The number of benzene rings is 3. The van der Waals surface area contributed by atoms with Gasteiger partial charge in [0.15, 0.2) is 21.1 Å². The molecule has 0 saturated heterocycles. The van der Waals surface area contributed by atoms with Gasteiger partial charge in [-0.05, 0) is 69.0 Å². The number of fused-ring (bicyclic) bond motifs is 3. The van der Waals surface area contributed by atoms with Crippen molar-refractivity contribution in [1.82, 2.24) is 0 Å². The summed E-state index contributed by atoms with van der Waals surface area (Å²) in [5.74, 6) is -1.86. The maximum Gasteiger partial charge on any atom is 0.336 e. The lowest BCUT2D eigenvalue weighted by Crippen LogP contribution is -2.36. The molecule has 1 aliphatic carbocycles. The van der Waals surface area contributed by atoms with Gasteiger partial charge in [0, 0.05) is 22.1 Å². The summed E-state index contributed by atoms with van der Waals surface area (Å²) in [5, 5.41) is 20.7. The second-order valence-corrected chi connectivity index (χ2v) is 12.9. The minimum absolute atomic E-state index is 0.0165. The molecule has 2 heterocycles. The number of carbonyl (C=O) groups is 1. The van der Waals surface area contributed by atoms with E-state index in [4.69, 9.17) is 9.83 Å². The van der Waals surface area contributed by atoms with Crippen LogP contribution in [0.1, 0.15) is 41.8 Å². The smallest absolute Gasteiger partial charge is 0.336 e. The summed E-state index contributed by atoms with van der Waals surface area (Å²) in [5.41, 5.74) is 0.252. The number of nitrogens with one attached hydrogen (secondary N) is 2. The van der Waals surface area contributed by atoms with Crippen LogP contribution in [0.3, 0.4) is 0 Å². The molecule has 2 aliphatic heterocycles. The molecule has 13 heteroatoms. The van der Waals surface area contributed by atoms with E-state index in [1.54, 1.807) is 19.1 Å². The molecule has 0 radical (unpaired) electrons. The summed E-state index contributed by atoms with van der Waals surface area (Å²) in [7, 11) is -10.1. The summed E-state index contributed by atoms with van der Waals surface area (Å²) in [6.07, 6.45) is 1.02. The number of carboxylic acids is 1. The first-order valence-corrected chi connectivity index (χ1v) is 14.6. The lowest BCUT2D eigenvalue weighted by atomic mass is 9.86.